The van der Waals surface area contributed by atoms with E-state index < -0.39 is 17.5 Å². The average Bonchev–Trinajstić information content (AvgIpc) is 2.24. The van der Waals surface area contributed by atoms with Gasteiger partial charge < -0.3 is 5.32 Å². The highest BCUT2D eigenvalue weighted by Gasteiger charge is 2.31. The van der Waals surface area contributed by atoms with Crippen LogP contribution in [0.5, 0.6) is 0 Å². The lowest BCUT2D eigenvalue weighted by atomic mass is 9.75. The van der Waals surface area contributed by atoms with Gasteiger partial charge in [-0.3, -0.25) is 0 Å². The van der Waals surface area contributed by atoms with Gasteiger partial charge in [0.1, 0.15) is 0 Å². The second-order valence-corrected chi connectivity index (χ2v) is 5.66. The number of nitrogens with one attached hydrogen (secondary N) is 1. The van der Waals surface area contributed by atoms with Crippen molar-refractivity contribution >= 4 is 5.69 Å². The molecule has 0 radical (unpaired) electrons. The number of anilines is 1. The van der Waals surface area contributed by atoms with Crippen LogP contribution in [-0.2, 0) is 6.42 Å². The molecule has 0 aliphatic carbocycles. The molecular weight excluding hydrogens is 227 g/mol. The molecule has 1 aromatic carbocycles. The molecule has 0 aromatic heterocycles. The molecule has 94 valence electrons. The Bertz CT molecular complexity index is 449. The predicted molar refractivity (Wildman–Crippen MR) is 61.5 cm³/mol. The molecule has 1 aliphatic heterocycles. The van der Waals surface area contributed by atoms with Gasteiger partial charge >= 0.3 is 0 Å². The molecule has 1 heterocycles. The molecule has 0 saturated carbocycles. The smallest absolute Gasteiger partial charge is 0.194 e. The molecular formula is C13H16F3N. The van der Waals surface area contributed by atoms with Crippen LogP contribution in [-0.4, -0.2) is 6.54 Å². The van der Waals surface area contributed by atoms with Crippen molar-refractivity contribution in [2.75, 3.05) is 11.9 Å². The fourth-order valence-electron chi connectivity index (χ4n) is 2.15. The lowest BCUT2D eigenvalue weighted by Crippen LogP contribution is -2.34. The van der Waals surface area contributed by atoms with Crippen molar-refractivity contribution in [1.29, 1.82) is 0 Å². The maximum absolute atomic E-state index is 13.7. The summed E-state index contributed by atoms with van der Waals surface area (Å²) in [7, 11) is 0. The van der Waals surface area contributed by atoms with Crippen LogP contribution in [0.3, 0.4) is 0 Å². The molecule has 17 heavy (non-hydrogen) atoms. The summed E-state index contributed by atoms with van der Waals surface area (Å²) < 4.78 is 39.9. The molecule has 1 atom stereocenters. The van der Waals surface area contributed by atoms with Crippen molar-refractivity contribution in [2.24, 2.45) is 11.3 Å². The predicted octanol–water partition coefficient (Wildman–Crippen LogP) is 3.73. The first-order chi connectivity index (χ1) is 7.80. The molecule has 1 unspecified atom stereocenters. The highest BCUT2D eigenvalue weighted by Crippen LogP contribution is 2.37. The Hall–Kier alpha value is -1.19. The first-order valence-electron chi connectivity index (χ1n) is 5.71. The Labute approximate surface area is 99.0 Å². The van der Waals surface area contributed by atoms with Gasteiger partial charge in [0.25, 0.3) is 0 Å². The Morgan fingerprint density at radius 3 is 2.41 bits per heavy atom. The number of hydrogen-bond donors (Lipinski definition) is 1. The summed E-state index contributed by atoms with van der Waals surface area (Å²) in [5, 5.41) is 2.98. The van der Waals surface area contributed by atoms with Crippen molar-refractivity contribution in [2.45, 2.75) is 27.2 Å². The van der Waals surface area contributed by atoms with E-state index in [0.717, 1.165) is 6.07 Å². The van der Waals surface area contributed by atoms with Crippen molar-refractivity contribution < 1.29 is 13.2 Å². The summed E-state index contributed by atoms with van der Waals surface area (Å²) in [5.41, 5.74) is 0.638. The first kappa shape index (κ1) is 12.3. The van der Waals surface area contributed by atoms with Crippen LogP contribution in [0, 0.1) is 28.8 Å². The van der Waals surface area contributed by atoms with Crippen LogP contribution in [0.15, 0.2) is 6.07 Å². The fraction of sp³-hybridized carbons (Fsp3) is 0.538. The average molecular weight is 243 g/mol. The summed E-state index contributed by atoms with van der Waals surface area (Å²) in [6.45, 7) is 6.83. The molecule has 1 aliphatic rings. The number of benzene rings is 1. The zero-order valence-corrected chi connectivity index (χ0v) is 10.2. The Kier molecular flexibility index (Phi) is 2.84. The largest absolute Gasteiger partial charge is 0.384 e. The van der Waals surface area contributed by atoms with Gasteiger partial charge in [-0.15, -0.1) is 0 Å². The molecule has 0 saturated heterocycles. The zero-order valence-electron chi connectivity index (χ0n) is 10.2. The lowest BCUT2D eigenvalue weighted by Gasteiger charge is -2.35. The van der Waals surface area contributed by atoms with E-state index in [0.29, 0.717) is 18.7 Å². The molecule has 1 nitrogen and oxygen atoms in total. The van der Waals surface area contributed by atoms with E-state index >= 15 is 0 Å². The normalized spacial score (nSPS) is 19.8. The third kappa shape index (κ3) is 2.13. The highest BCUT2D eigenvalue weighted by atomic mass is 19.2. The van der Waals surface area contributed by atoms with Crippen LogP contribution < -0.4 is 5.32 Å². The lowest BCUT2D eigenvalue weighted by molar-refractivity contribution is 0.243. The minimum Gasteiger partial charge on any atom is -0.384 e. The molecule has 0 bridgehead atoms. The first-order valence-corrected chi connectivity index (χ1v) is 5.71. The molecule has 0 fully saturated rings. The van der Waals surface area contributed by atoms with Crippen molar-refractivity contribution in [3.8, 4) is 0 Å². The quantitative estimate of drug-likeness (QED) is 0.684. The number of fused-ring (bicyclic) bond motifs is 1. The second-order valence-electron chi connectivity index (χ2n) is 5.66. The number of rotatable bonds is 0. The van der Waals surface area contributed by atoms with Crippen LogP contribution in [0.2, 0.25) is 0 Å². The van der Waals surface area contributed by atoms with E-state index in [4.69, 9.17) is 0 Å². The van der Waals surface area contributed by atoms with Crippen molar-refractivity contribution in [1.82, 2.24) is 0 Å². The minimum atomic E-state index is -1.37. The molecule has 4 heteroatoms. The standard InChI is InChI=1S/C13H16F3N/c1-13(2,3)7-4-8-10(17-6-7)5-9(14)12(16)11(8)15/h5,7,17H,4,6H2,1-3H3. The Morgan fingerprint density at radius 1 is 1.18 bits per heavy atom. The number of hydrogen-bond acceptors (Lipinski definition) is 1. The monoisotopic (exact) mass is 243 g/mol. The molecule has 0 amide bonds. The van der Waals surface area contributed by atoms with Crippen molar-refractivity contribution in [3.05, 3.63) is 29.1 Å². The van der Waals surface area contributed by atoms with Crippen LogP contribution in [0.4, 0.5) is 18.9 Å². The van der Waals surface area contributed by atoms with Gasteiger partial charge in [0, 0.05) is 23.9 Å². The minimum absolute atomic E-state index is 0.00198. The zero-order chi connectivity index (χ0) is 12.8. The molecule has 0 spiro atoms. The van der Waals surface area contributed by atoms with Gasteiger partial charge in [-0.1, -0.05) is 20.8 Å². The van der Waals surface area contributed by atoms with Crippen LogP contribution in [0.25, 0.3) is 0 Å². The third-order valence-corrected chi connectivity index (χ3v) is 3.48. The van der Waals surface area contributed by atoms with Crippen molar-refractivity contribution in [3.63, 3.8) is 0 Å². The molecule has 1 N–H and O–H groups in total. The van der Waals surface area contributed by atoms with E-state index in [2.05, 4.69) is 26.1 Å². The summed E-state index contributed by atoms with van der Waals surface area (Å²) in [6, 6.07) is 1.03. The van der Waals surface area contributed by atoms with Crippen LogP contribution in [0.1, 0.15) is 26.3 Å². The van der Waals surface area contributed by atoms with Gasteiger partial charge in [-0.2, -0.15) is 0 Å². The van der Waals surface area contributed by atoms with Crippen LogP contribution >= 0.6 is 0 Å². The van der Waals surface area contributed by atoms with E-state index in [1.54, 1.807) is 0 Å². The second kappa shape index (κ2) is 3.93. The summed E-state index contributed by atoms with van der Waals surface area (Å²) in [4.78, 5) is 0. The van der Waals surface area contributed by atoms with E-state index in [9.17, 15) is 13.2 Å². The van der Waals surface area contributed by atoms with E-state index in [1.165, 1.54) is 0 Å². The maximum atomic E-state index is 13.7. The van der Waals surface area contributed by atoms with E-state index in [-0.39, 0.29) is 16.9 Å². The van der Waals surface area contributed by atoms with Gasteiger partial charge in [-0.25, -0.2) is 13.2 Å². The van der Waals surface area contributed by atoms with Gasteiger partial charge in [0.2, 0.25) is 0 Å². The maximum Gasteiger partial charge on any atom is 0.194 e. The summed E-state index contributed by atoms with van der Waals surface area (Å²) in [6.07, 6.45) is 0.439. The summed E-state index contributed by atoms with van der Waals surface area (Å²) in [5.74, 6) is -3.36. The van der Waals surface area contributed by atoms with Gasteiger partial charge in [0.05, 0.1) is 0 Å². The molecule has 2 rings (SSSR count). The summed E-state index contributed by atoms with van der Waals surface area (Å²) >= 11 is 0. The van der Waals surface area contributed by atoms with Gasteiger partial charge in [-0.05, 0) is 17.8 Å². The fourth-order valence-corrected chi connectivity index (χ4v) is 2.15. The topological polar surface area (TPSA) is 12.0 Å². The SMILES string of the molecule is CC(C)(C)C1CNc2cc(F)c(F)c(F)c2C1. The van der Waals surface area contributed by atoms with E-state index in [1.807, 2.05) is 0 Å². The van der Waals surface area contributed by atoms with Gasteiger partial charge in [0.15, 0.2) is 17.5 Å². The highest BCUT2D eigenvalue weighted by molar-refractivity contribution is 5.54. The number of halogens is 3. The molecule has 1 aromatic rings. The Balaban J connectivity index is 2.41. The Morgan fingerprint density at radius 2 is 1.82 bits per heavy atom. The third-order valence-electron chi connectivity index (χ3n) is 3.48.